The predicted molar refractivity (Wildman–Crippen MR) is 80.7 cm³/mol. The molecule has 0 bridgehead atoms. The SMILES string of the molecule is CC(C)COCCN1C(=O)C(C)(C2CC2)NC(=O)CC1C. The van der Waals surface area contributed by atoms with E-state index >= 15 is 0 Å². The summed E-state index contributed by atoms with van der Waals surface area (Å²) in [5.74, 6) is 0.813. The quantitative estimate of drug-likeness (QED) is 0.757. The average molecular weight is 296 g/mol. The molecule has 1 aliphatic heterocycles. The van der Waals surface area contributed by atoms with Gasteiger partial charge in [0, 0.05) is 25.6 Å². The molecule has 2 rings (SSSR count). The van der Waals surface area contributed by atoms with Crippen molar-refractivity contribution in [1.82, 2.24) is 10.2 Å². The maximum atomic E-state index is 12.9. The van der Waals surface area contributed by atoms with Gasteiger partial charge in [-0.3, -0.25) is 9.59 Å². The maximum Gasteiger partial charge on any atom is 0.248 e. The number of hydrogen-bond donors (Lipinski definition) is 1. The summed E-state index contributed by atoms with van der Waals surface area (Å²) in [5.41, 5.74) is -0.722. The van der Waals surface area contributed by atoms with Gasteiger partial charge in [-0.25, -0.2) is 0 Å². The first-order valence-corrected chi connectivity index (χ1v) is 8.04. The van der Waals surface area contributed by atoms with E-state index in [0.717, 1.165) is 12.8 Å². The van der Waals surface area contributed by atoms with Crippen LogP contribution in [0.1, 0.15) is 47.0 Å². The van der Waals surface area contributed by atoms with Gasteiger partial charge in [0.2, 0.25) is 11.8 Å². The lowest BCUT2D eigenvalue weighted by Crippen LogP contribution is -2.57. The van der Waals surface area contributed by atoms with Crippen LogP contribution < -0.4 is 5.32 Å². The Bertz CT molecular complexity index is 406. The summed E-state index contributed by atoms with van der Waals surface area (Å²) in [7, 11) is 0. The Balaban J connectivity index is 2.02. The maximum absolute atomic E-state index is 12.9. The minimum atomic E-state index is -0.722. The Kier molecular flexibility index (Phi) is 4.91. The second-order valence-corrected chi connectivity index (χ2v) is 7.05. The zero-order chi connectivity index (χ0) is 15.6. The summed E-state index contributed by atoms with van der Waals surface area (Å²) in [4.78, 5) is 26.7. The van der Waals surface area contributed by atoms with Crippen molar-refractivity contribution in [3.05, 3.63) is 0 Å². The van der Waals surface area contributed by atoms with Gasteiger partial charge in [0.1, 0.15) is 5.54 Å². The van der Waals surface area contributed by atoms with Crippen molar-refractivity contribution in [2.75, 3.05) is 19.8 Å². The van der Waals surface area contributed by atoms with E-state index in [1.807, 2.05) is 18.7 Å². The fourth-order valence-corrected chi connectivity index (χ4v) is 3.01. The highest BCUT2D eigenvalue weighted by atomic mass is 16.5. The highest BCUT2D eigenvalue weighted by Crippen LogP contribution is 2.41. The number of carbonyl (C=O) groups excluding carboxylic acids is 2. The van der Waals surface area contributed by atoms with Crippen LogP contribution in [0.5, 0.6) is 0 Å². The number of hydrogen-bond acceptors (Lipinski definition) is 3. The minimum Gasteiger partial charge on any atom is -0.379 e. The molecule has 1 heterocycles. The monoisotopic (exact) mass is 296 g/mol. The Morgan fingerprint density at radius 3 is 2.62 bits per heavy atom. The molecule has 21 heavy (non-hydrogen) atoms. The van der Waals surface area contributed by atoms with Crippen LogP contribution in [-0.2, 0) is 14.3 Å². The van der Waals surface area contributed by atoms with Crippen molar-refractivity contribution in [3.63, 3.8) is 0 Å². The molecular weight excluding hydrogens is 268 g/mol. The summed E-state index contributed by atoms with van der Waals surface area (Å²) >= 11 is 0. The number of nitrogens with one attached hydrogen (secondary N) is 1. The van der Waals surface area contributed by atoms with E-state index in [1.165, 1.54) is 0 Å². The number of rotatable bonds is 6. The first kappa shape index (κ1) is 16.3. The van der Waals surface area contributed by atoms with Crippen molar-refractivity contribution in [2.45, 2.75) is 58.5 Å². The van der Waals surface area contributed by atoms with Gasteiger partial charge in [-0.15, -0.1) is 0 Å². The van der Waals surface area contributed by atoms with Gasteiger partial charge in [-0.05, 0) is 38.5 Å². The smallest absolute Gasteiger partial charge is 0.248 e. The van der Waals surface area contributed by atoms with Crippen LogP contribution in [0, 0.1) is 11.8 Å². The fourth-order valence-electron chi connectivity index (χ4n) is 3.01. The van der Waals surface area contributed by atoms with Gasteiger partial charge in [0.15, 0.2) is 0 Å². The first-order chi connectivity index (χ1) is 9.84. The lowest BCUT2D eigenvalue weighted by Gasteiger charge is -2.34. The van der Waals surface area contributed by atoms with E-state index in [-0.39, 0.29) is 17.9 Å². The zero-order valence-corrected chi connectivity index (χ0v) is 13.6. The van der Waals surface area contributed by atoms with Crippen molar-refractivity contribution in [3.8, 4) is 0 Å². The van der Waals surface area contributed by atoms with Crippen LogP contribution >= 0.6 is 0 Å². The van der Waals surface area contributed by atoms with Crippen molar-refractivity contribution in [2.24, 2.45) is 11.8 Å². The molecule has 5 nitrogen and oxygen atoms in total. The number of amides is 2. The third-order valence-electron chi connectivity index (χ3n) is 4.44. The van der Waals surface area contributed by atoms with Gasteiger partial charge < -0.3 is 15.0 Å². The molecule has 0 aromatic rings. The molecule has 1 saturated heterocycles. The summed E-state index contributed by atoms with van der Waals surface area (Å²) in [5, 5.41) is 2.97. The van der Waals surface area contributed by atoms with E-state index < -0.39 is 5.54 Å². The standard InChI is InChI=1S/C16H28N2O3/c1-11(2)10-21-8-7-18-12(3)9-14(19)17-16(4,15(18)20)13-5-6-13/h11-13H,5-10H2,1-4H3,(H,17,19). The Hall–Kier alpha value is -1.10. The van der Waals surface area contributed by atoms with Crippen LogP contribution in [0.2, 0.25) is 0 Å². The number of nitrogens with zero attached hydrogens (tertiary/aromatic N) is 1. The third-order valence-corrected chi connectivity index (χ3v) is 4.44. The molecular formula is C16H28N2O3. The highest BCUT2D eigenvalue weighted by Gasteiger charge is 2.52. The minimum absolute atomic E-state index is 0.0177. The molecule has 2 fully saturated rings. The molecule has 2 amide bonds. The zero-order valence-electron chi connectivity index (χ0n) is 13.6. The largest absolute Gasteiger partial charge is 0.379 e. The molecule has 1 saturated carbocycles. The Morgan fingerprint density at radius 1 is 1.38 bits per heavy atom. The summed E-state index contributed by atoms with van der Waals surface area (Å²) in [6, 6.07) is -0.0688. The molecule has 1 N–H and O–H groups in total. The molecule has 120 valence electrons. The summed E-state index contributed by atoms with van der Waals surface area (Å²) in [6.45, 7) is 9.82. The number of carbonyl (C=O) groups is 2. The molecule has 0 spiro atoms. The van der Waals surface area contributed by atoms with E-state index in [0.29, 0.717) is 38.0 Å². The second-order valence-electron chi connectivity index (χ2n) is 7.05. The Morgan fingerprint density at radius 2 is 2.05 bits per heavy atom. The van der Waals surface area contributed by atoms with Crippen molar-refractivity contribution in [1.29, 1.82) is 0 Å². The van der Waals surface area contributed by atoms with Gasteiger partial charge in [0.25, 0.3) is 0 Å². The molecule has 2 atom stereocenters. The highest BCUT2D eigenvalue weighted by molar-refractivity contribution is 5.94. The normalized spacial score (nSPS) is 30.5. The van der Waals surface area contributed by atoms with Gasteiger partial charge in [-0.2, -0.15) is 0 Å². The molecule has 0 radical (unpaired) electrons. The predicted octanol–water partition coefficient (Wildman–Crippen LogP) is 1.56. The molecule has 5 heteroatoms. The lowest BCUT2D eigenvalue weighted by molar-refractivity contribution is -0.141. The fraction of sp³-hybridized carbons (Fsp3) is 0.875. The second kappa shape index (κ2) is 6.34. The van der Waals surface area contributed by atoms with Crippen LogP contribution in [-0.4, -0.2) is 48.1 Å². The Labute approximate surface area is 127 Å². The van der Waals surface area contributed by atoms with E-state index in [1.54, 1.807) is 0 Å². The molecule has 2 unspecified atom stereocenters. The lowest BCUT2D eigenvalue weighted by atomic mass is 9.94. The van der Waals surface area contributed by atoms with E-state index in [4.69, 9.17) is 4.74 Å². The summed E-state index contributed by atoms with van der Waals surface area (Å²) < 4.78 is 5.61. The van der Waals surface area contributed by atoms with Crippen molar-refractivity contribution >= 4 is 11.8 Å². The number of ether oxygens (including phenoxy) is 1. The first-order valence-electron chi connectivity index (χ1n) is 8.04. The van der Waals surface area contributed by atoms with E-state index in [2.05, 4.69) is 19.2 Å². The third kappa shape index (κ3) is 3.76. The molecule has 2 aliphatic rings. The average Bonchev–Trinajstić information content (AvgIpc) is 3.20. The molecule has 0 aromatic heterocycles. The van der Waals surface area contributed by atoms with Crippen LogP contribution in [0.15, 0.2) is 0 Å². The van der Waals surface area contributed by atoms with Crippen LogP contribution in [0.4, 0.5) is 0 Å². The molecule has 0 aromatic carbocycles. The van der Waals surface area contributed by atoms with Crippen LogP contribution in [0.3, 0.4) is 0 Å². The van der Waals surface area contributed by atoms with Crippen molar-refractivity contribution < 1.29 is 14.3 Å². The molecule has 1 aliphatic carbocycles. The topological polar surface area (TPSA) is 58.6 Å². The van der Waals surface area contributed by atoms with Gasteiger partial charge in [0.05, 0.1) is 6.61 Å². The van der Waals surface area contributed by atoms with Gasteiger partial charge >= 0.3 is 0 Å². The van der Waals surface area contributed by atoms with E-state index in [9.17, 15) is 9.59 Å². The van der Waals surface area contributed by atoms with Crippen LogP contribution in [0.25, 0.3) is 0 Å². The van der Waals surface area contributed by atoms with Gasteiger partial charge in [-0.1, -0.05) is 13.8 Å². The summed E-state index contributed by atoms with van der Waals surface area (Å²) in [6.07, 6.45) is 2.42.